The van der Waals surface area contributed by atoms with Crippen LogP contribution in [-0.2, 0) is 4.79 Å². The summed E-state index contributed by atoms with van der Waals surface area (Å²) in [6.07, 6.45) is 1.07. The van der Waals surface area contributed by atoms with Gasteiger partial charge in [-0.1, -0.05) is 26.0 Å². The van der Waals surface area contributed by atoms with Crippen LogP contribution in [-0.4, -0.2) is 25.0 Å². The summed E-state index contributed by atoms with van der Waals surface area (Å²) in [5.41, 5.74) is 6.34. The Morgan fingerprint density at radius 3 is 2.07 bits per heavy atom. The Hall–Kier alpha value is -3.02. The number of amides is 2. The van der Waals surface area contributed by atoms with E-state index in [0.29, 0.717) is 29.6 Å². The Morgan fingerprint density at radius 2 is 1.48 bits per heavy atom. The van der Waals surface area contributed by atoms with Gasteiger partial charge in [-0.25, -0.2) is 0 Å². The smallest absolute Gasteiger partial charge is 0.276 e. The predicted octanol–water partition coefficient (Wildman–Crippen LogP) is 3.44. The Bertz CT molecular complexity index is 742. The van der Waals surface area contributed by atoms with Crippen LogP contribution in [0.15, 0.2) is 48.5 Å². The molecule has 0 saturated heterocycles. The first kappa shape index (κ1) is 20.3. The van der Waals surface area contributed by atoms with Crippen molar-refractivity contribution in [1.82, 2.24) is 10.9 Å². The van der Waals surface area contributed by atoms with Gasteiger partial charge in [0.05, 0.1) is 6.61 Å². The van der Waals surface area contributed by atoms with Crippen molar-refractivity contribution in [3.63, 3.8) is 0 Å². The highest BCUT2D eigenvalue weighted by Crippen LogP contribution is 2.21. The van der Waals surface area contributed by atoms with E-state index < -0.39 is 11.8 Å². The SMILES string of the molecule is CCOc1ccc(C(=O)NNC(=O)COc2ccc(C(C)CC)cc2)cc1. The van der Waals surface area contributed by atoms with Crippen molar-refractivity contribution in [2.24, 2.45) is 0 Å². The molecular weight excluding hydrogens is 344 g/mol. The minimum Gasteiger partial charge on any atom is -0.494 e. The predicted molar refractivity (Wildman–Crippen MR) is 104 cm³/mol. The van der Waals surface area contributed by atoms with Gasteiger partial charge in [-0.3, -0.25) is 20.4 Å². The van der Waals surface area contributed by atoms with E-state index in [0.717, 1.165) is 6.42 Å². The van der Waals surface area contributed by atoms with Crippen LogP contribution in [0.2, 0.25) is 0 Å². The Kier molecular flexibility index (Phi) is 7.67. The summed E-state index contributed by atoms with van der Waals surface area (Å²) in [5.74, 6) is 0.922. The van der Waals surface area contributed by atoms with Gasteiger partial charge in [-0.05, 0) is 61.2 Å². The quantitative estimate of drug-likeness (QED) is 0.698. The molecule has 2 aromatic rings. The molecule has 2 N–H and O–H groups in total. The molecule has 2 aromatic carbocycles. The van der Waals surface area contributed by atoms with E-state index in [2.05, 4.69) is 24.7 Å². The summed E-state index contributed by atoms with van der Waals surface area (Å²) in [5, 5.41) is 0. The largest absolute Gasteiger partial charge is 0.494 e. The fourth-order valence-corrected chi connectivity index (χ4v) is 2.38. The van der Waals surface area contributed by atoms with E-state index in [1.165, 1.54) is 5.56 Å². The molecule has 2 rings (SSSR count). The van der Waals surface area contributed by atoms with Crippen LogP contribution in [0.1, 0.15) is 49.0 Å². The first-order valence-electron chi connectivity index (χ1n) is 9.08. The molecule has 0 heterocycles. The molecule has 6 heteroatoms. The van der Waals surface area contributed by atoms with Gasteiger partial charge < -0.3 is 9.47 Å². The maximum Gasteiger partial charge on any atom is 0.276 e. The zero-order valence-electron chi connectivity index (χ0n) is 16.0. The molecule has 0 aromatic heterocycles. The normalized spacial score (nSPS) is 11.4. The molecule has 27 heavy (non-hydrogen) atoms. The number of carbonyl (C=O) groups is 2. The number of nitrogens with one attached hydrogen (secondary N) is 2. The fourth-order valence-electron chi connectivity index (χ4n) is 2.38. The summed E-state index contributed by atoms with van der Waals surface area (Å²) < 4.78 is 10.8. The number of hydrazine groups is 1. The van der Waals surface area contributed by atoms with Gasteiger partial charge in [0.15, 0.2) is 6.61 Å². The van der Waals surface area contributed by atoms with Gasteiger partial charge in [0.2, 0.25) is 0 Å². The average Bonchev–Trinajstić information content (AvgIpc) is 2.71. The second kappa shape index (κ2) is 10.2. The minimum absolute atomic E-state index is 0.188. The van der Waals surface area contributed by atoms with Crippen LogP contribution in [0, 0.1) is 0 Å². The van der Waals surface area contributed by atoms with E-state index in [1.54, 1.807) is 24.3 Å². The van der Waals surface area contributed by atoms with Crippen molar-refractivity contribution in [2.45, 2.75) is 33.1 Å². The highest BCUT2D eigenvalue weighted by atomic mass is 16.5. The molecule has 1 atom stereocenters. The Labute approximate surface area is 159 Å². The second-order valence-corrected chi connectivity index (χ2v) is 6.13. The van der Waals surface area contributed by atoms with Crippen molar-refractivity contribution in [2.75, 3.05) is 13.2 Å². The molecule has 0 saturated carbocycles. The maximum atomic E-state index is 12.0. The third-order valence-corrected chi connectivity index (χ3v) is 4.17. The summed E-state index contributed by atoms with van der Waals surface area (Å²) in [7, 11) is 0. The number of ether oxygens (including phenoxy) is 2. The van der Waals surface area contributed by atoms with Gasteiger partial charge in [0.1, 0.15) is 11.5 Å². The van der Waals surface area contributed by atoms with Gasteiger partial charge >= 0.3 is 0 Å². The molecule has 1 unspecified atom stereocenters. The van der Waals surface area contributed by atoms with E-state index in [-0.39, 0.29) is 6.61 Å². The first-order valence-corrected chi connectivity index (χ1v) is 9.08. The molecular formula is C21H26N2O4. The summed E-state index contributed by atoms with van der Waals surface area (Å²) in [6, 6.07) is 14.3. The van der Waals surface area contributed by atoms with Gasteiger partial charge in [-0.15, -0.1) is 0 Å². The number of benzene rings is 2. The Morgan fingerprint density at radius 1 is 0.889 bits per heavy atom. The van der Waals surface area contributed by atoms with Crippen molar-refractivity contribution in [3.05, 3.63) is 59.7 Å². The third-order valence-electron chi connectivity index (χ3n) is 4.17. The highest BCUT2D eigenvalue weighted by Gasteiger charge is 2.09. The van der Waals surface area contributed by atoms with E-state index in [9.17, 15) is 9.59 Å². The zero-order chi connectivity index (χ0) is 19.6. The lowest BCUT2D eigenvalue weighted by Crippen LogP contribution is -2.43. The highest BCUT2D eigenvalue weighted by molar-refractivity contribution is 5.95. The molecule has 0 aliphatic carbocycles. The Balaban J connectivity index is 1.76. The lowest BCUT2D eigenvalue weighted by molar-refractivity contribution is -0.123. The first-order chi connectivity index (χ1) is 13.0. The standard InChI is InChI=1S/C21H26N2O4/c1-4-15(3)16-6-10-19(11-7-16)27-14-20(24)22-23-21(25)17-8-12-18(13-9-17)26-5-2/h6-13,15H,4-5,14H2,1-3H3,(H,22,24)(H,23,25). The topological polar surface area (TPSA) is 76.7 Å². The number of hydrogen-bond acceptors (Lipinski definition) is 4. The lowest BCUT2D eigenvalue weighted by Gasteiger charge is -2.11. The van der Waals surface area contributed by atoms with Gasteiger partial charge in [-0.2, -0.15) is 0 Å². The third kappa shape index (κ3) is 6.33. The molecule has 0 bridgehead atoms. The molecule has 0 fully saturated rings. The van der Waals surface area contributed by atoms with Crippen molar-refractivity contribution < 1.29 is 19.1 Å². The van der Waals surface area contributed by atoms with Crippen LogP contribution in [0.4, 0.5) is 0 Å². The molecule has 2 amide bonds. The van der Waals surface area contributed by atoms with E-state index in [4.69, 9.17) is 9.47 Å². The molecule has 144 valence electrons. The van der Waals surface area contributed by atoms with Crippen molar-refractivity contribution in [3.8, 4) is 11.5 Å². The number of hydrogen-bond donors (Lipinski definition) is 2. The monoisotopic (exact) mass is 370 g/mol. The van der Waals surface area contributed by atoms with Crippen LogP contribution in [0.3, 0.4) is 0 Å². The summed E-state index contributed by atoms with van der Waals surface area (Å²) in [6.45, 7) is 6.56. The maximum absolute atomic E-state index is 12.0. The molecule has 6 nitrogen and oxygen atoms in total. The fraction of sp³-hybridized carbons (Fsp3) is 0.333. The minimum atomic E-state index is -0.444. The van der Waals surface area contributed by atoms with Crippen LogP contribution < -0.4 is 20.3 Å². The molecule has 0 spiro atoms. The lowest BCUT2D eigenvalue weighted by atomic mass is 9.99. The number of carbonyl (C=O) groups excluding carboxylic acids is 2. The average molecular weight is 370 g/mol. The zero-order valence-corrected chi connectivity index (χ0v) is 16.0. The van der Waals surface area contributed by atoms with E-state index >= 15 is 0 Å². The molecule has 0 radical (unpaired) electrons. The van der Waals surface area contributed by atoms with E-state index in [1.807, 2.05) is 31.2 Å². The van der Waals surface area contributed by atoms with Crippen LogP contribution >= 0.6 is 0 Å². The van der Waals surface area contributed by atoms with Crippen LogP contribution in [0.5, 0.6) is 11.5 Å². The summed E-state index contributed by atoms with van der Waals surface area (Å²) >= 11 is 0. The number of rotatable bonds is 8. The molecule has 0 aliphatic rings. The second-order valence-electron chi connectivity index (χ2n) is 6.13. The molecule has 0 aliphatic heterocycles. The van der Waals surface area contributed by atoms with Crippen molar-refractivity contribution >= 4 is 11.8 Å². The summed E-state index contributed by atoms with van der Waals surface area (Å²) in [4.78, 5) is 23.9. The van der Waals surface area contributed by atoms with Gasteiger partial charge in [0.25, 0.3) is 11.8 Å². The van der Waals surface area contributed by atoms with Crippen molar-refractivity contribution in [1.29, 1.82) is 0 Å². The van der Waals surface area contributed by atoms with Crippen LogP contribution in [0.25, 0.3) is 0 Å². The van der Waals surface area contributed by atoms with Gasteiger partial charge in [0, 0.05) is 5.56 Å².